The Morgan fingerprint density at radius 1 is 1.03 bits per heavy atom. The van der Waals surface area contributed by atoms with Crippen molar-refractivity contribution >= 4 is 33.9 Å². The van der Waals surface area contributed by atoms with Gasteiger partial charge in [0.25, 0.3) is 10.0 Å². The molecular weight excluding hydrogens is 515 g/mol. The van der Waals surface area contributed by atoms with E-state index in [1.54, 1.807) is 63.4 Å². The third-order valence-corrected chi connectivity index (χ3v) is 6.25. The van der Waals surface area contributed by atoms with Gasteiger partial charge in [-0.15, -0.1) is 0 Å². The number of nitrogens with zero attached hydrogens (tertiary/aromatic N) is 2. The average molecular weight is 533 g/mol. The first-order valence-electron chi connectivity index (χ1n) is 10.5. The third kappa shape index (κ3) is 6.23. The lowest BCUT2D eigenvalue weighted by Gasteiger charge is -2.11. The number of sulfonamides is 1. The molecule has 0 spiro atoms. The van der Waals surface area contributed by atoms with E-state index in [-0.39, 0.29) is 17.1 Å². The highest BCUT2D eigenvalue weighted by molar-refractivity contribution is 7.89. The van der Waals surface area contributed by atoms with E-state index in [0.717, 1.165) is 0 Å². The Labute approximate surface area is 208 Å². The van der Waals surface area contributed by atoms with Crippen LogP contribution in [0.15, 0.2) is 78.0 Å². The van der Waals surface area contributed by atoms with E-state index in [1.807, 2.05) is 0 Å². The largest absolute Gasteiger partial charge is 0.405 e. The second-order valence-electron chi connectivity index (χ2n) is 7.62. The highest BCUT2D eigenvalue weighted by Gasteiger charge is 2.27. The predicted molar refractivity (Wildman–Crippen MR) is 127 cm³/mol. The van der Waals surface area contributed by atoms with Crippen molar-refractivity contribution in [1.82, 2.24) is 19.6 Å². The standard InChI is InChI=1S/C23H18F3N5O5S/c24-23(25,26)13-28-22(33)29-18-5-1-4-17(9-18)20-12-27-21-11-16(7-8-31(20)21)15-3-2-6-19(10-15)37(34,35)30-36-14-32/h1-12,14,30H,13H2,(H2,28,29,33). The summed E-state index contributed by atoms with van der Waals surface area (Å²) in [5.74, 6) is 0. The van der Waals surface area contributed by atoms with Gasteiger partial charge in [0, 0.05) is 17.4 Å². The number of alkyl halides is 3. The summed E-state index contributed by atoms with van der Waals surface area (Å²) in [6, 6.07) is 15.0. The average Bonchev–Trinajstić information content (AvgIpc) is 3.29. The number of urea groups is 1. The maximum absolute atomic E-state index is 12.3. The highest BCUT2D eigenvalue weighted by Crippen LogP contribution is 2.28. The number of carbonyl (C=O) groups is 2. The van der Waals surface area contributed by atoms with Crippen LogP contribution in [0, 0.1) is 0 Å². The van der Waals surface area contributed by atoms with Gasteiger partial charge >= 0.3 is 18.7 Å². The van der Waals surface area contributed by atoms with E-state index < -0.39 is 28.8 Å². The van der Waals surface area contributed by atoms with Crippen molar-refractivity contribution < 1.29 is 36.0 Å². The van der Waals surface area contributed by atoms with Gasteiger partial charge in [-0.2, -0.15) is 13.2 Å². The minimum atomic E-state index is -4.52. The number of imidazole rings is 1. The molecule has 3 N–H and O–H groups in total. The van der Waals surface area contributed by atoms with Gasteiger partial charge in [-0.3, -0.25) is 9.20 Å². The molecule has 0 atom stereocenters. The fourth-order valence-electron chi connectivity index (χ4n) is 3.46. The summed E-state index contributed by atoms with van der Waals surface area (Å²) in [7, 11) is -4.07. The number of rotatable bonds is 8. The molecule has 192 valence electrons. The molecule has 0 aliphatic rings. The number of pyridine rings is 1. The monoisotopic (exact) mass is 533 g/mol. The van der Waals surface area contributed by atoms with E-state index in [4.69, 9.17) is 0 Å². The fraction of sp³-hybridized carbons (Fsp3) is 0.0870. The third-order valence-electron chi connectivity index (χ3n) is 5.06. The SMILES string of the molecule is O=CONS(=O)(=O)c1cccc(-c2ccn3c(-c4cccc(NC(=O)NCC(F)(F)F)c4)cnc3c2)c1. The second kappa shape index (κ2) is 10.3. The molecule has 10 nitrogen and oxygen atoms in total. The molecule has 2 aromatic heterocycles. The van der Waals surface area contributed by atoms with Gasteiger partial charge in [-0.05, 0) is 52.4 Å². The first-order valence-corrected chi connectivity index (χ1v) is 11.9. The van der Waals surface area contributed by atoms with Gasteiger partial charge in [0.05, 0.1) is 16.8 Å². The summed E-state index contributed by atoms with van der Waals surface area (Å²) >= 11 is 0. The second-order valence-corrected chi connectivity index (χ2v) is 9.26. The van der Waals surface area contributed by atoms with Crippen LogP contribution >= 0.6 is 0 Å². The molecule has 37 heavy (non-hydrogen) atoms. The van der Waals surface area contributed by atoms with Gasteiger partial charge in [0.2, 0.25) is 0 Å². The van der Waals surface area contributed by atoms with Crippen molar-refractivity contribution in [3.05, 3.63) is 73.1 Å². The van der Waals surface area contributed by atoms with Crippen LogP contribution in [0.3, 0.4) is 0 Å². The van der Waals surface area contributed by atoms with Gasteiger partial charge in [0.1, 0.15) is 12.2 Å². The molecule has 14 heteroatoms. The number of benzene rings is 2. The summed E-state index contributed by atoms with van der Waals surface area (Å²) in [4.78, 5) is 32.2. The molecular formula is C23H18F3N5O5S. The number of amides is 2. The molecule has 0 saturated heterocycles. The van der Waals surface area contributed by atoms with Gasteiger partial charge < -0.3 is 15.5 Å². The first kappa shape index (κ1) is 25.7. The number of aromatic nitrogens is 2. The van der Waals surface area contributed by atoms with Crippen LogP contribution in [0.1, 0.15) is 0 Å². The molecule has 4 aromatic rings. The first-order chi connectivity index (χ1) is 17.6. The van der Waals surface area contributed by atoms with E-state index in [2.05, 4.69) is 15.1 Å². The van der Waals surface area contributed by atoms with E-state index >= 15 is 0 Å². The Hall–Kier alpha value is -4.43. The van der Waals surface area contributed by atoms with Crippen LogP contribution in [-0.4, -0.2) is 43.0 Å². The summed E-state index contributed by atoms with van der Waals surface area (Å²) in [5, 5.41) is 4.11. The quantitative estimate of drug-likeness (QED) is 0.234. The molecule has 4 rings (SSSR count). The molecule has 0 radical (unpaired) electrons. The number of halogens is 3. The smallest absolute Gasteiger partial charge is 0.358 e. The van der Waals surface area contributed by atoms with Gasteiger partial charge in [0.15, 0.2) is 0 Å². The maximum Gasteiger partial charge on any atom is 0.405 e. The van der Waals surface area contributed by atoms with Crippen molar-refractivity contribution in [1.29, 1.82) is 0 Å². The van der Waals surface area contributed by atoms with Crippen molar-refractivity contribution in [3.8, 4) is 22.4 Å². The van der Waals surface area contributed by atoms with Crippen molar-refractivity contribution in [2.45, 2.75) is 11.1 Å². The van der Waals surface area contributed by atoms with Crippen molar-refractivity contribution in [2.24, 2.45) is 0 Å². The fourth-order valence-corrected chi connectivity index (χ4v) is 4.26. The number of nitrogens with one attached hydrogen (secondary N) is 3. The van der Waals surface area contributed by atoms with Gasteiger partial charge in [-0.1, -0.05) is 24.3 Å². The van der Waals surface area contributed by atoms with Crippen LogP contribution < -0.4 is 15.5 Å². The Morgan fingerprint density at radius 3 is 2.51 bits per heavy atom. The van der Waals surface area contributed by atoms with E-state index in [0.29, 0.717) is 28.0 Å². The molecule has 2 amide bonds. The van der Waals surface area contributed by atoms with E-state index in [1.165, 1.54) is 24.3 Å². The molecule has 0 aliphatic heterocycles. The number of anilines is 1. The Morgan fingerprint density at radius 2 is 1.76 bits per heavy atom. The molecule has 0 unspecified atom stereocenters. The summed E-state index contributed by atoms with van der Waals surface area (Å²) < 4.78 is 63.1. The zero-order valence-electron chi connectivity index (χ0n) is 18.7. The summed E-state index contributed by atoms with van der Waals surface area (Å²) in [6.07, 6.45) is -1.21. The lowest BCUT2D eigenvalue weighted by Crippen LogP contribution is -2.36. The zero-order chi connectivity index (χ0) is 26.6. The van der Waals surface area contributed by atoms with Crippen LogP contribution in [0.25, 0.3) is 28.0 Å². The van der Waals surface area contributed by atoms with Crippen molar-refractivity contribution in [3.63, 3.8) is 0 Å². The number of hydrogen-bond acceptors (Lipinski definition) is 6. The molecule has 0 aliphatic carbocycles. The minimum Gasteiger partial charge on any atom is -0.358 e. The highest BCUT2D eigenvalue weighted by atomic mass is 32.2. The number of carbonyl (C=O) groups excluding carboxylic acids is 2. The molecule has 0 fully saturated rings. The topological polar surface area (TPSA) is 131 Å². The minimum absolute atomic E-state index is 0.0420. The predicted octanol–water partition coefficient (Wildman–Crippen LogP) is 3.72. The Kier molecular flexibility index (Phi) is 7.13. The number of fused-ring (bicyclic) bond motifs is 1. The molecule has 2 aromatic carbocycles. The lowest BCUT2D eigenvalue weighted by molar-refractivity contribution is -0.131. The molecule has 2 heterocycles. The lowest BCUT2D eigenvalue weighted by atomic mass is 10.1. The van der Waals surface area contributed by atoms with Crippen LogP contribution in [0.4, 0.5) is 23.7 Å². The van der Waals surface area contributed by atoms with Crippen LogP contribution in [-0.2, 0) is 19.7 Å². The maximum atomic E-state index is 12.3. The van der Waals surface area contributed by atoms with Crippen LogP contribution in [0.5, 0.6) is 0 Å². The van der Waals surface area contributed by atoms with E-state index in [9.17, 15) is 31.2 Å². The molecule has 0 bridgehead atoms. The zero-order valence-corrected chi connectivity index (χ0v) is 19.5. The van der Waals surface area contributed by atoms with Gasteiger partial charge in [-0.25, -0.2) is 18.2 Å². The van der Waals surface area contributed by atoms with Crippen molar-refractivity contribution in [2.75, 3.05) is 11.9 Å². The Balaban J connectivity index is 1.58. The summed E-state index contributed by atoms with van der Waals surface area (Å²) in [5.41, 5.74) is 3.33. The summed E-state index contributed by atoms with van der Waals surface area (Å²) in [6.45, 7) is -1.49. The molecule has 0 saturated carbocycles. The normalized spacial score (nSPS) is 11.8. The Bertz CT molecular complexity index is 1570. The van der Waals surface area contributed by atoms with Crippen LogP contribution in [0.2, 0.25) is 0 Å². The number of hydrogen-bond donors (Lipinski definition) is 3.